The van der Waals surface area contributed by atoms with Crippen molar-refractivity contribution in [1.82, 2.24) is 19.3 Å². The van der Waals surface area contributed by atoms with Gasteiger partial charge >= 0.3 is 5.69 Å². The summed E-state index contributed by atoms with van der Waals surface area (Å²) in [5.41, 5.74) is 2.19. The van der Waals surface area contributed by atoms with E-state index in [9.17, 15) is 10.1 Å². The first-order valence-electron chi connectivity index (χ1n) is 6.76. The zero-order chi connectivity index (χ0) is 15.0. The van der Waals surface area contributed by atoms with Gasteiger partial charge in [0.05, 0.1) is 16.0 Å². The van der Waals surface area contributed by atoms with Gasteiger partial charge in [0.1, 0.15) is 12.0 Å². The van der Waals surface area contributed by atoms with E-state index in [0.29, 0.717) is 17.9 Å². The van der Waals surface area contributed by atoms with Crippen LogP contribution < -0.4 is 0 Å². The van der Waals surface area contributed by atoms with E-state index in [2.05, 4.69) is 10.1 Å². The summed E-state index contributed by atoms with van der Waals surface area (Å²) in [4.78, 5) is 15.4. The van der Waals surface area contributed by atoms with Crippen molar-refractivity contribution in [2.24, 2.45) is 7.05 Å². The van der Waals surface area contributed by atoms with Gasteiger partial charge in [-0.3, -0.25) is 14.7 Å². The Kier molecular flexibility index (Phi) is 3.17. The quantitative estimate of drug-likeness (QED) is 0.545. The highest BCUT2D eigenvalue weighted by molar-refractivity contribution is 5.78. The van der Waals surface area contributed by atoms with Gasteiger partial charge in [0, 0.05) is 7.05 Å². The lowest BCUT2D eigenvalue weighted by molar-refractivity contribution is -0.385. The van der Waals surface area contributed by atoms with Gasteiger partial charge in [0.25, 0.3) is 0 Å². The molecule has 0 atom stereocenters. The first-order chi connectivity index (χ1) is 10.1. The van der Waals surface area contributed by atoms with E-state index in [-0.39, 0.29) is 10.6 Å². The highest BCUT2D eigenvalue weighted by atomic mass is 16.6. The van der Waals surface area contributed by atoms with E-state index >= 15 is 0 Å². The monoisotopic (exact) mass is 285 g/mol. The molecule has 0 bridgehead atoms. The number of fused-ring (bicyclic) bond motifs is 1. The molecule has 0 amide bonds. The van der Waals surface area contributed by atoms with E-state index in [4.69, 9.17) is 0 Å². The van der Waals surface area contributed by atoms with Crippen molar-refractivity contribution in [3.05, 3.63) is 46.4 Å². The molecule has 1 aromatic carbocycles. The Bertz CT molecular complexity index is 818. The largest absolute Gasteiger partial charge is 0.334 e. The first-order valence-corrected chi connectivity index (χ1v) is 6.76. The average molecular weight is 285 g/mol. The van der Waals surface area contributed by atoms with Crippen LogP contribution in [0.1, 0.15) is 19.0 Å². The Morgan fingerprint density at radius 3 is 2.81 bits per heavy atom. The van der Waals surface area contributed by atoms with Crippen molar-refractivity contribution in [2.75, 3.05) is 0 Å². The molecule has 3 rings (SSSR count). The number of nitrogens with zero attached hydrogens (tertiary/aromatic N) is 5. The SMILES string of the molecule is CCCc1nn(C)c(-n2cnc3ccccc32)c1[N+](=O)[O-]. The lowest BCUT2D eigenvalue weighted by atomic mass is 10.2. The molecule has 7 heteroatoms. The first kappa shape index (κ1) is 13.3. The summed E-state index contributed by atoms with van der Waals surface area (Å²) in [6.45, 7) is 1.98. The van der Waals surface area contributed by atoms with Crippen LogP contribution in [0.5, 0.6) is 0 Å². The smallest absolute Gasteiger partial charge is 0.277 e. The molecule has 2 aromatic heterocycles. The Balaban J connectivity index is 2.29. The number of hydrogen-bond acceptors (Lipinski definition) is 4. The van der Waals surface area contributed by atoms with Gasteiger partial charge in [-0.1, -0.05) is 25.5 Å². The molecule has 0 spiro atoms. The van der Waals surface area contributed by atoms with Crippen molar-refractivity contribution in [1.29, 1.82) is 0 Å². The van der Waals surface area contributed by atoms with Crippen molar-refractivity contribution >= 4 is 16.7 Å². The summed E-state index contributed by atoms with van der Waals surface area (Å²) in [5.74, 6) is 0.442. The van der Waals surface area contributed by atoms with Gasteiger partial charge in [-0.15, -0.1) is 0 Å². The molecule has 0 aliphatic carbocycles. The summed E-state index contributed by atoms with van der Waals surface area (Å²) < 4.78 is 3.27. The third kappa shape index (κ3) is 2.06. The van der Waals surface area contributed by atoms with Crippen molar-refractivity contribution in [3.63, 3.8) is 0 Å². The van der Waals surface area contributed by atoms with Gasteiger partial charge in [-0.05, 0) is 18.6 Å². The van der Waals surface area contributed by atoms with Crippen LogP contribution in [-0.2, 0) is 13.5 Å². The zero-order valence-corrected chi connectivity index (χ0v) is 11.9. The Morgan fingerprint density at radius 1 is 1.33 bits per heavy atom. The highest BCUT2D eigenvalue weighted by Crippen LogP contribution is 2.29. The molecule has 0 aliphatic rings. The number of para-hydroxylation sites is 2. The van der Waals surface area contributed by atoms with Gasteiger partial charge < -0.3 is 0 Å². The maximum absolute atomic E-state index is 11.5. The number of imidazole rings is 1. The predicted molar refractivity (Wildman–Crippen MR) is 78.5 cm³/mol. The molecular formula is C14H15N5O2. The predicted octanol–water partition coefficient (Wildman–Crippen LogP) is 2.62. The minimum Gasteiger partial charge on any atom is -0.277 e. The maximum Gasteiger partial charge on any atom is 0.334 e. The summed E-state index contributed by atoms with van der Waals surface area (Å²) in [6, 6.07) is 7.54. The molecular weight excluding hydrogens is 270 g/mol. The third-order valence-electron chi connectivity index (χ3n) is 3.41. The summed E-state index contributed by atoms with van der Waals surface area (Å²) in [5, 5.41) is 15.8. The molecule has 0 N–H and O–H groups in total. The van der Waals surface area contributed by atoms with Crippen molar-refractivity contribution in [3.8, 4) is 5.82 Å². The fourth-order valence-corrected chi connectivity index (χ4v) is 2.55. The summed E-state index contributed by atoms with van der Waals surface area (Å²) >= 11 is 0. The molecule has 0 fully saturated rings. The minimum absolute atomic E-state index is 0.0579. The Morgan fingerprint density at radius 2 is 2.10 bits per heavy atom. The van der Waals surface area contributed by atoms with Gasteiger partial charge in [0.15, 0.2) is 0 Å². The standard InChI is InChI=1S/C14H15N5O2/c1-3-6-11-13(19(20)21)14(17(2)16-11)18-9-15-10-7-4-5-8-12(10)18/h4-5,7-9H,3,6H2,1-2H3. The van der Waals surface area contributed by atoms with Crippen LogP contribution in [0.15, 0.2) is 30.6 Å². The van der Waals surface area contributed by atoms with Crippen molar-refractivity contribution < 1.29 is 4.92 Å². The zero-order valence-electron chi connectivity index (χ0n) is 11.9. The topological polar surface area (TPSA) is 78.8 Å². The van der Waals surface area contributed by atoms with Crippen LogP contribution in [0.4, 0.5) is 5.69 Å². The second kappa shape index (κ2) is 5.01. The van der Waals surface area contributed by atoms with E-state index in [0.717, 1.165) is 17.5 Å². The van der Waals surface area contributed by atoms with E-state index in [1.165, 1.54) is 0 Å². The molecule has 0 unspecified atom stereocenters. The van der Waals surface area contributed by atoms with Gasteiger partial charge in [-0.2, -0.15) is 5.10 Å². The Hall–Kier alpha value is -2.70. The van der Waals surface area contributed by atoms with Crippen LogP contribution in [0.2, 0.25) is 0 Å². The fourth-order valence-electron chi connectivity index (χ4n) is 2.55. The van der Waals surface area contributed by atoms with Gasteiger partial charge in [-0.25, -0.2) is 9.67 Å². The van der Waals surface area contributed by atoms with E-state index in [1.807, 2.05) is 31.2 Å². The lowest BCUT2D eigenvalue weighted by Gasteiger charge is -2.03. The number of nitro groups is 1. The molecule has 21 heavy (non-hydrogen) atoms. The van der Waals surface area contributed by atoms with Gasteiger partial charge in [0.2, 0.25) is 5.82 Å². The molecule has 2 heterocycles. The van der Waals surface area contributed by atoms with E-state index < -0.39 is 0 Å². The second-order valence-corrected chi connectivity index (χ2v) is 4.85. The second-order valence-electron chi connectivity index (χ2n) is 4.85. The third-order valence-corrected chi connectivity index (χ3v) is 3.41. The number of benzene rings is 1. The molecule has 0 aliphatic heterocycles. The number of aryl methyl sites for hydroxylation is 2. The van der Waals surface area contributed by atoms with Crippen molar-refractivity contribution in [2.45, 2.75) is 19.8 Å². The van der Waals surface area contributed by atoms with Crippen LogP contribution >= 0.6 is 0 Å². The Labute approximate surface area is 121 Å². The number of aromatic nitrogens is 4. The van der Waals surface area contributed by atoms with Crippen LogP contribution in [0.25, 0.3) is 16.9 Å². The molecule has 3 aromatic rings. The minimum atomic E-state index is -0.359. The van der Waals surface area contributed by atoms with E-state index in [1.54, 1.807) is 22.6 Å². The maximum atomic E-state index is 11.5. The molecule has 0 saturated heterocycles. The molecule has 0 radical (unpaired) electrons. The fraction of sp³-hybridized carbons (Fsp3) is 0.286. The summed E-state index contributed by atoms with van der Waals surface area (Å²) in [6.07, 6.45) is 2.99. The highest BCUT2D eigenvalue weighted by Gasteiger charge is 2.28. The molecule has 108 valence electrons. The number of rotatable bonds is 4. The van der Waals surface area contributed by atoms with Crippen LogP contribution in [0.3, 0.4) is 0 Å². The number of hydrogen-bond donors (Lipinski definition) is 0. The average Bonchev–Trinajstić information content (AvgIpc) is 3.00. The normalized spacial score (nSPS) is 11.1. The van der Waals surface area contributed by atoms with Crippen LogP contribution in [-0.4, -0.2) is 24.3 Å². The molecule has 7 nitrogen and oxygen atoms in total. The molecule has 0 saturated carbocycles. The van der Waals surface area contributed by atoms with Crippen LogP contribution in [0, 0.1) is 10.1 Å². The summed E-state index contributed by atoms with van der Waals surface area (Å²) in [7, 11) is 1.72. The lowest BCUT2D eigenvalue weighted by Crippen LogP contribution is -2.04.